The molecule has 98 valence electrons. The minimum Gasteiger partial charge on any atom is -0.330 e. The minimum atomic E-state index is 0.213. The van der Waals surface area contributed by atoms with Gasteiger partial charge in [0.1, 0.15) is 17.3 Å². The number of aliphatic imine (C=N–C) groups is 1. The van der Waals surface area contributed by atoms with E-state index in [0.717, 1.165) is 23.7 Å². The molecule has 19 heavy (non-hydrogen) atoms. The molecule has 0 bridgehead atoms. The second kappa shape index (κ2) is 4.46. The first-order chi connectivity index (χ1) is 9.17. The van der Waals surface area contributed by atoms with Gasteiger partial charge in [-0.3, -0.25) is 0 Å². The first-order valence-corrected chi connectivity index (χ1v) is 6.43. The molecule has 0 aromatic carbocycles. The minimum absolute atomic E-state index is 0.213. The summed E-state index contributed by atoms with van der Waals surface area (Å²) in [5.74, 6) is 2.37. The summed E-state index contributed by atoms with van der Waals surface area (Å²) >= 11 is 0. The molecule has 2 aromatic heterocycles. The fourth-order valence-corrected chi connectivity index (χ4v) is 1.94. The number of nitrogens with one attached hydrogen (secondary N) is 1. The normalized spacial score (nSPS) is 16.2. The topological polar surface area (TPSA) is 66.9 Å². The van der Waals surface area contributed by atoms with Crippen molar-refractivity contribution in [1.29, 1.82) is 0 Å². The Morgan fingerprint density at radius 2 is 2.21 bits per heavy atom. The SMILES string of the molecule is CCC(C)N=c1nc2n3c(cccc3n1)NC(C)=N2. The van der Waals surface area contributed by atoms with E-state index in [1.54, 1.807) is 0 Å². The van der Waals surface area contributed by atoms with Crippen LogP contribution < -0.4 is 10.9 Å². The predicted molar refractivity (Wildman–Crippen MR) is 74.7 cm³/mol. The highest BCUT2D eigenvalue weighted by molar-refractivity contribution is 5.96. The van der Waals surface area contributed by atoms with Gasteiger partial charge < -0.3 is 5.32 Å². The van der Waals surface area contributed by atoms with Crippen molar-refractivity contribution < 1.29 is 0 Å². The van der Waals surface area contributed by atoms with Crippen LogP contribution in [0.15, 0.2) is 28.2 Å². The molecule has 0 saturated carbocycles. The van der Waals surface area contributed by atoms with Crippen molar-refractivity contribution in [2.45, 2.75) is 33.2 Å². The van der Waals surface area contributed by atoms with E-state index in [-0.39, 0.29) is 6.04 Å². The molecule has 6 nitrogen and oxygen atoms in total. The van der Waals surface area contributed by atoms with Gasteiger partial charge in [0, 0.05) is 0 Å². The maximum Gasteiger partial charge on any atom is 0.250 e. The Bertz CT molecular complexity index is 727. The monoisotopic (exact) mass is 256 g/mol. The van der Waals surface area contributed by atoms with Crippen LogP contribution in [0.1, 0.15) is 27.2 Å². The van der Waals surface area contributed by atoms with Gasteiger partial charge in [0.15, 0.2) is 0 Å². The van der Waals surface area contributed by atoms with Crippen LogP contribution >= 0.6 is 0 Å². The fraction of sp³-hybridized carbons (Fsp3) is 0.385. The number of rotatable bonds is 2. The van der Waals surface area contributed by atoms with E-state index >= 15 is 0 Å². The van der Waals surface area contributed by atoms with Gasteiger partial charge in [0.2, 0.25) is 11.6 Å². The molecule has 0 spiro atoms. The first kappa shape index (κ1) is 11.8. The standard InChI is InChI=1S/C13H16N6/c1-4-8(2)14-12-17-11-7-5-6-10-15-9(3)16-13(18-12)19(10)11/h5-8H,4H2,1-3H3,(H,14,15,16,17,18). The molecule has 0 amide bonds. The Morgan fingerprint density at radius 1 is 1.37 bits per heavy atom. The van der Waals surface area contributed by atoms with E-state index < -0.39 is 0 Å². The molecule has 1 aliphatic heterocycles. The Kier molecular flexibility index (Phi) is 2.77. The van der Waals surface area contributed by atoms with Crippen LogP contribution in [0.5, 0.6) is 0 Å². The maximum absolute atomic E-state index is 4.49. The van der Waals surface area contributed by atoms with Gasteiger partial charge >= 0.3 is 0 Å². The third kappa shape index (κ3) is 2.09. The second-order valence-corrected chi connectivity index (χ2v) is 4.64. The molecule has 1 unspecified atom stereocenters. The molecular weight excluding hydrogens is 240 g/mol. The molecule has 0 aliphatic carbocycles. The van der Waals surface area contributed by atoms with Crippen molar-refractivity contribution in [3.05, 3.63) is 23.8 Å². The lowest BCUT2D eigenvalue weighted by atomic mass is 10.3. The largest absolute Gasteiger partial charge is 0.330 e. The zero-order chi connectivity index (χ0) is 13.4. The molecule has 6 heteroatoms. The van der Waals surface area contributed by atoms with E-state index in [9.17, 15) is 0 Å². The molecule has 0 fully saturated rings. The molecule has 1 N–H and O–H groups in total. The Morgan fingerprint density at radius 3 is 3.00 bits per heavy atom. The fourth-order valence-electron chi connectivity index (χ4n) is 1.94. The summed E-state index contributed by atoms with van der Waals surface area (Å²) in [6.07, 6.45) is 0.966. The second-order valence-electron chi connectivity index (χ2n) is 4.64. The van der Waals surface area contributed by atoms with Crippen molar-refractivity contribution in [2.24, 2.45) is 9.98 Å². The van der Waals surface area contributed by atoms with Gasteiger partial charge in [-0.1, -0.05) is 13.0 Å². The average molecular weight is 256 g/mol. The summed E-state index contributed by atoms with van der Waals surface area (Å²) in [6, 6.07) is 6.08. The highest BCUT2D eigenvalue weighted by Crippen LogP contribution is 2.20. The van der Waals surface area contributed by atoms with Crippen molar-refractivity contribution in [1.82, 2.24) is 14.4 Å². The molecule has 3 heterocycles. The number of nitrogens with zero attached hydrogens (tertiary/aromatic N) is 5. The van der Waals surface area contributed by atoms with E-state index in [2.05, 4.69) is 39.1 Å². The van der Waals surface area contributed by atoms with Crippen molar-refractivity contribution in [3.63, 3.8) is 0 Å². The van der Waals surface area contributed by atoms with Crippen LogP contribution in [-0.4, -0.2) is 26.2 Å². The Labute approximate surface area is 111 Å². The van der Waals surface area contributed by atoms with Gasteiger partial charge in [0.25, 0.3) is 0 Å². The van der Waals surface area contributed by atoms with Crippen LogP contribution in [-0.2, 0) is 0 Å². The van der Waals surface area contributed by atoms with Gasteiger partial charge in [-0.25, -0.2) is 9.39 Å². The van der Waals surface area contributed by atoms with Crippen molar-refractivity contribution in [3.8, 4) is 0 Å². The summed E-state index contributed by atoms with van der Waals surface area (Å²) in [7, 11) is 0. The smallest absolute Gasteiger partial charge is 0.250 e. The van der Waals surface area contributed by atoms with Crippen molar-refractivity contribution >= 4 is 23.2 Å². The average Bonchev–Trinajstić information content (AvgIpc) is 2.38. The summed E-state index contributed by atoms with van der Waals surface area (Å²) < 4.78 is 1.89. The Hall–Kier alpha value is -2.24. The number of amidine groups is 1. The highest BCUT2D eigenvalue weighted by Gasteiger charge is 2.12. The molecule has 2 aromatic rings. The first-order valence-electron chi connectivity index (χ1n) is 6.43. The number of anilines is 1. The third-order valence-corrected chi connectivity index (χ3v) is 3.09. The lowest BCUT2D eigenvalue weighted by Gasteiger charge is -2.16. The van der Waals surface area contributed by atoms with Gasteiger partial charge in [0.05, 0.1) is 6.04 Å². The van der Waals surface area contributed by atoms with Crippen LogP contribution in [0.25, 0.3) is 5.65 Å². The van der Waals surface area contributed by atoms with E-state index in [0.29, 0.717) is 11.6 Å². The lowest BCUT2D eigenvalue weighted by molar-refractivity contribution is 0.677. The summed E-state index contributed by atoms with van der Waals surface area (Å²) in [6.45, 7) is 6.06. The van der Waals surface area contributed by atoms with Crippen LogP contribution in [0.3, 0.4) is 0 Å². The summed E-state index contributed by atoms with van der Waals surface area (Å²) in [5, 5.41) is 3.20. The van der Waals surface area contributed by atoms with E-state index in [1.807, 2.05) is 29.5 Å². The van der Waals surface area contributed by atoms with Crippen LogP contribution in [0.4, 0.5) is 11.8 Å². The van der Waals surface area contributed by atoms with E-state index in [1.165, 1.54) is 0 Å². The number of pyridine rings is 1. The zero-order valence-corrected chi connectivity index (χ0v) is 11.3. The van der Waals surface area contributed by atoms with Gasteiger partial charge in [-0.15, -0.1) is 0 Å². The van der Waals surface area contributed by atoms with E-state index in [4.69, 9.17) is 0 Å². The van der Waals surface area contributed by atoms with Crippen LogP contribution in [0, 0.1) is 0 Å². The number of aromatic nitrogens is 3. The predicted octanol–water partition coefficient (Wildman–Crippen LogP) is 1.90. The molecule has 0 saturated heterocycles. The Balaban J connectivity index is 2.30. The maximum atomic E-state index is 4.49. The summed E-state index contributed by atoms with van der Waals surface area (Å²) in [4.78, 5) is 17.8. The highest BCUT2D eigenvalue weighted by atomic mass is 15.3. The number of hydrogen-bond acceptors (Lipinski definition) is 5. The summed E-state index contributed by atoms with van der Waals surface area (Å²) in [5.41, 5.74) is 1.30. The molecule has 1 atom stereocenters. The quantitative estimate of drug-likeness (QED) is 0.892. The number of hydrogen-bond donors (Lipinski definition) is 1. The van der Waals surface area contributed by atoms with Gasteiger partial charge in [-0.05, 0) is 32.4 Å². The van der Waals surface area contributed by atoms with Crippen molar-refractivity contribution in [2.75, 3.05) is 5.32 Å². The zero-order valence-electron chi connectivity index (χ0n) is 11.3. The van der Waals surface area contributed by atoms with Gasteiger partial charge in [-0.2, -0.15) is 15.0 Å². The molecule has 1 aliphatic rings. The molecule has 0 radical (unpaired) electrons. The molecular formula is C13H16N6. The third-order valence-electron chi connectivity index (χ3n) is 3.09. The molecule has 3 rings (SSSR count). The van der Waals surface area contributed by atoms with Crippen LogP contribution in [0.2, 0.25) is 0 Å². The lowest BCUT2D eigenvalue weighted by Crippen LogP contribution is -2.23.